The molecule has 26 heavy (non-hydrogen) atoms. The van der Waals surface area contributed by atoms with E-state index in [9.17, 15) is 18.0 Å². The highest BCUT2D eigenvalue weighted by atomic mass is 19.3. The zero-order chi connectivity index (χ0) is 19.0. The van der Waals surface area contributed by atoms with Crippen molar-refractivity contribution in [3.05, 3.63) is 52.6 Å². The van der Waals surface area contributed by atoms with Crippen molar-refractivity contribution in [1.82, 2.24) is 9.88 Å². The Hall–Kier alpha value is -2.44. The van der Waals surface area contributed by atoms with Gasteiger partial charge in [0.05, 0.1) is 12.7 Å². The molecule has 1 amide bonds. The second kappa shape index (κ2) is 7.05. The molecule has 2 aromatic rings. The van der Waals surface area contributed by atoms with Crippen LogP contribution in [0, 0.1) is 19.7 Å². The molecule has 1 aliphatic carbocycles. The van der Waals surface area contributed by atoms with Gasteiger partial charge in [0.15, 0.2) is 11.6 Å². The summed E-state index contributed by atoms with van der Waals surface area (Å²) in [7, 11) is 1.29. The molecule has 1 aromatic heterocycles. The number of rotatable bonds is 6. The summed E-state index contributed by atoms with van der Waals surface area (Å²) in [5.41, 5.74) is 2.05. The number of ether oxygens (including phenoxy) is 1. The third kappa shape index (κ3) is 3.43. The highest BCUT2D eigenvalue weighted by molar-refractivity contribution is 5.96. The molecule has 1 heterocycles. The van der Waals surface area contributed by atoms with Gasteiger partial charge in [-0.25, -0.2) is 13.2 Å². The fourth-order valence-corrected chi connectivity index (χ4v) is 3.29. The van der Waals surface area contributed by atoms with Crippen molar-refractivity contribution < 1.29 is 22.7 Å². The quantitative estimate of drug-likeness (QED) is 0.827. The Balaban J connectivity index is 1.85. The number of hydrogen-bond donors (Lipinski definition) is 1. The van der Waals surface area contributed by atoms with E-state index < -0.39 is 24.2 Å². The zero-order valence-electron chi connectivity index (χ0n) is 14.9. The predicted molar refractivity (Wildman–Crippen MR) is 91.3 cm³/mol. The minimum absolute atomic E-state index is 0.0114. The van der Waals surface area contributed by atoms with Gasteiger partial charge in [-0.2, -0.15) is 0 Å². The number of benzene rings is 1. The topological polar surface area (TPSA) is 43.3 Å². The van der Waals surface area contributed by atoms with Gasteiger partial charge in [-0.1, -0.05) is 6.07 Å². The molecule has 0 spiro atoms. The molecule has 0 bridgehead atoms. The van der Waals surface area contributed by atoms with Gasteiger partial charge in [0, 0.05) is 17.4 Å². The number of aryl methyl sites for hydroxylation is 1. The summed E-state index contributed by atoms with van der Waals surface area (Å²) in [4.78, 5) is 12.6. The average molecular weight is 366 g/mol. The van der Waals surface area contributed by atoms with Crippen molar-refractivity contribution in [2.24, 2.45) is 0 Å². The van der Waals surface area contributed by atoms with E-state index in [1.54, 1.807) is 6.07 Å². The molecule has 0 radical (unpaired) electrons. The van der Waals surface area contributed by atoms with Gasteiger partial charge in [0.1, 0.15) is 6.04 Å². The third-order valence-corrected chi connectivity index (χ3v) is 4.71. The number of carbonyl (C=O) groups is 1. The van der Waals surface area contributed by atoms with Crippen LogP contribution in [-0.2, 0) is 0 Å². The number of halogens is 3. The van der Waals surface area contributed by atoms with Crippen LogP contribution in [0.25, 0.3) is 0 Å². The van der Waals surface area contributed by atoms with E-state index in [0.717, 1.165) is 30.3 Å². The maximum Gasteiger partial charge on any atom is 0.262 e. The molecule has 140 valence electrons. The van der Waals surface area contributed by atoms with Gasteiger partial charge in [0.2, 0.25) is 0 Å². The second-order valence-corrected chi connectivity index (χ2v) is 6.57. The number of nitrogens with one attached hydrogen (secondary N) is 1. The van der Waals surface area contributed by atoms with Crippen LogP contribution in [0.15, 0.2) is 24.3 Å². The molecule has 0 saturated heterocycles. The van der Waals surface area contributed by atoms with Crippen LogP contribution < -0.4 is 10.1 Å². The van der Waals surface area contributed by atoms with E-state index in [1.807, 2.05) is 13.8 Å². The van der Waals surface area contributed by atoms with Gasteiger partial charge >= 0.3 is 0 Å². The third-order valence-electron chi connectivity index (χ3n) is 4.71. The SMILES string of the molecule is COc1ccc([C@@H](NC(=O)c2cc(C)n(C3CC3)c2C)C(F)F)cc1F. The Kier molecular flexibility index (Phi) is 4.98. The summed E-state index contributed by atoms with van der Waals surface area (Å²) in [6, 6.07) is 4.05. The van der Waals surface area contributed by atoms with Gasteiger partial charge in [0.25, 0.3) is 12.3 Å². The van der Waals surface area contributed by atoms with Crippen LogP contribution >= 0.6 is 0 Å². The highest BCUT2D eigenvalue weighted by Gasteiger charge is 2.30. The first-order chi connectivity index (χ1) is 12.3. The van der Waals surface area contributed by atoms with Gasteiger partial charge in [-0.15, -0.1) is 0 Å². The lowest BCUT2D eigenvalue weighted by Gasteiger charge is -2.19. The van der Waals surface area contributed by atoms with Crippen molar-refractivity contribution in [3.8, 4) is 5.75 Å². The van der Waals surface area contributed by atoms with E-state index in [-0.39, 0.29) is 11.3 Å². The second-order valence-electron chi connectivity index (χ2n) is 6.57. The smallest absolute Gasteiger partial charge is 0.262 e. The molecule has 1 aromatic carbocycles. The Morgan fingerprint density at radius 2 is 1.96 bits per heavy atom. The zero-order valence-corrected chi connectivity index (χ0v) is 14.9. The van der Waals surface area contributed by atoms with Gasteiger partial charge in [-0.05, 0) is 50.5 Å². The van der Waals surface area contributed by atoms with Gasteiger partial charge < -0.3 is 14.6 Å². The van der Waals surface area contributed by atoms with Gasteiger partial charge in [-0.3, -0.25) is 4.79 Å². The molecule has 3 rings (SSSR count). The first-order valence-electron chi connectivity index (χ1n) is 8.44. The highest BCUT2D eigenvalue weighted by Crippen LogP contribution is 2.38. The molecule has 1 saturated carbocycles. The first-order valence-corrected chi connectivity index (χ1v) is 8.44. The van der Waals surface area contributed by atoms with Crippen LogP contribution in [0.5, 0.6) is 5.75 Å². The number of methoxy groups -OCH3 is 1. The average Bonchev–Trinajstić information content (AvgIpc) is 3.37. The van der Waals surface area contributed by atoms with Crippen LogP contribution in [0.4, 0.5) is 13.2 Å². The Morgan fingerprint density at radius 3 is 2.50 bits per heavy atom. The lowest BCUT2D eigenvalue weighted by molar-refractivity contribution is 0.0742. The first kappa shape index (κ1) is 18.4. The fraction of sp³-hybridized carbons (Fsp3) is 0.421. The summed E-state index contributed by atoms with van der Waals surface area (Å²) in [5.74, 6) is -1.38. The van der Waals surface area contributed by atoms with Crippen molar-refractivity contribution in [3.63, 3.8) is 0 Å². The maximum absolute atomic E-state index is 13.9. The summed E-state index contributed by atoms with van der Waals surface area (Å²) in [6.07, 6.45) is -0.761. The monoisotopic (exact) mass is 366 g/mol. The number of carbonyl (C=O) groups excluding carboxylic acids is 1. The van der Waals surface area contributed by atoms with Crippen molar-refractivity contribution in [2.45, 2.75) is 45.2 Å². The van der Waals surface area contributed by atoms with E-state index in [1.165, 1.54) is 19.2 Å². The fourth-order valence-electron chi connectivity index (χ4n) is 3.29. The van der Waals surface area contributed by atoms with E-state index >= 15 is 0 Å². The number of amides is 1. The summed E-state index contributed by atoms with van der Waals surface area (Å²) in [5, 5.41) is 2.34. The lowest BCUT2D eigenvalue weighted by atomic mass is 10.1. The Labute approximate surface area is 150 Å². The molecule has 1 fully saturated rings. The minimum Gasteiger partial charge on any atom is -0.494 e. The molecule has 0 unspecified atom stereocenters. The van der Waals surface area contributed by atoms with E-state index in [0.29, 0.717) is 11.6 Å². The standard InChI is InChI=1S/C19H21F3N2O2/c1-10-8-14(11(2)24(10)13-5-6-13)19(25)23-17(18(21)22)12-4-7-16(26-3)15(20)9-12/h4,7-9,13,17-18H,5-6H2,1-3H3,(H,23,25)/t17-/m1/s1. The van der Waals surface area contributed by atoms with Crippen LogP contribution in [0.3, 0.4) is 0 Å². The summed E-state index contributed by atoms with van der Waals surface area (Å²) >= 11 is 0. The molecular formula is C19H21F3N2O2. The van der Waals surface area contributed by atoms with Crippen LogP contribution in [0.1, 0.15) is 52.2 Å². The van der Waals surface area contributed by atoms with Crippen molar-refractivity contribution >= 4 is 5.91 Å². The number of aromatic nitrogens is 1. The van der Waals surface area contributed by atoms with Crippen molar-refractivity contribution in [1.29, 1.82) is 0 Å². The van der Waals surface area contributed by atoms with Crippen molar-refractivity contribution in [2.75, 3.05) is 7.11 Å². The maximum atomic E-state index is 13.9. The van der Waals surface area contributed by atoms with E-state index in [4.69, 9.17) is 4.74 Å². The van der Waals surface area contributed by atoms with Crippen LogP contribution in [0.2, 0.25) is 0 Å². The molecule has 7 heteroatoms. The normalized spacial score (nSPS) is 15.2. The lowest BCUT2D eigenvalue weighted by Crippen LogP contribution is -2.33. The summed E-state index contributed by atoms with van der Waals surface area (Å²) in [6.45, 7) is 3.70. The molecular weight excluding hydrogens is 345 g/mol. The molecule has 1 N–H and O–H groups in total. The molecule has 1 atom stereocenters. The van der Waals surface area contributed by atoms with Crippen LogP contribution in [-0.4, -0.2) is 24.0 Å². The predicted octanol–water partition coefficient (Wildman–Crippen LogP) is 4.32. The largest absolute Gasteiger partial charge is 0.494 e. The molecule has 4 nitrogen and oxygen atoms in total. The number of hydrogen-bond acceptors (Lipinski definition) is 2. The number of nitrogens with zero attached hydrogens (tertiary/aromatic N) is 1. The molecule has 1 aliphatic rings. The number of alkyl halides is 2. The molecule has 0 aliphatic heterocycles. The van der Waals surface area contributed by atoms with E-state index in [2.05, 4.69) is 9.88 Å². The Morgan fingerprint density at radius 1 is 1.27 bits per heavy atom. The minimum atomic E-state index is -2.88. The summed E-state index contributed by atoms with van der Waals surface area (Å²) < 4.78 is 47.8. The Bertz CT molecular complexity index is 828.